The Kier molecular flexibility index (Phi) is 3.95. The number of carbonyl (C=O) groups excluding carboxylic acids is 1. The summed E-state index contributed by atoms with van der Waals surface area (Å²) >= 11 is 6.09. The van der Waals surface area contributed by atoms with Gasteiger partial charge in [-0.3, -0.25) is 9.48 Å². The third-order valence-electron chi connectivity index (χ3n) is 3.96. The Bertz CT molecular complexity index is 692. The van der Waals surface area contributed by atoms with Crippen LogP contribution in [0.4, 0.5) is 0 Å². The van der Waals surface area contributed by atoms with E-state index in [0.29, 0.717) is 17.3 Å². The molecular formula is C15H19ClN4O2. The van der Waals surface area contributed by atoms with Crippen LogP contribution in [0.5, 0.6) is 0 Å². The van der Waals surface area contributed by atoms with E-state index in [1.54, 1.807) is 22.8 Å². The first-order valence-corrected chi connectivity index (χ1v) is 7.81. The summed E-state index contributed by atoms with van der Waals surface area (Å²) < 4.78 is 6.92. The van der Waals surface area contributed by atoms with Crippen molar-refractivity contribution in [2.24, 2.45) is 7.05 Å². The van der Waals surface area contributed by atoms with E-state index in [1.165, 1.54) is 0 Å². The van der Waals surface area contributed by atoms with E-state index in [1.807, 2.05) is 6.07 Å². The summed E-state index contributed by atoms with van der Waals surface area (Å²) in [6, 6.07) is 1.88. The fourth-order valence-corrected chi connectivity index (χ4v) is 3.05. The predicted molar refractivity (Wildman–Crippen MR) is 81.8 cm³/mol. The molecule has 6 nitrogen and oxygen atoms in total. The number of nitrogens with zero attached hydrogens (tertiary/aromatic N) is 4. The van der Waals surface area contributed by atoms with E-state index in [-0.39, 0.29) is 17.9 Å². The van der Waals surface area contributed by atoms with Crippen LogP contribution in [-0.2, 0) is 7.05 Å². The quantitative estimate of drug-likeness (QED) is 0.870. The van der Waals surface area contributed by atoms with Crippen molar-refractivity contribution in [1.82, 2.24) is 19.8 Å². The van der Waals surface area contributed by atoms with E-state index in [0.717, 1.165) is 24.3 Å². The first-order valence-electron chi connectivity index (χ1n) is 7.44. The molecule has 1 fully saturated rings. The number of amides is 1. The maximum atomic E-state index is 12.7. The van der Waals surface area contributed by atoms with Gasteiger partial charge in [-0.2, -0.15) is 5.10 Å². The van der Waals surface area contributed by atoms with Crippen LogP contribution in [0, 0.1) is 0 Å². The molecule has 118 valence electrons. The molecule has 0 unspecified atom stereocenters. The lowest BCUT2D eigenvalue weighted by atomic mass is 10.1. The predicted octanol–water partition coefficient (Wildman–Crippen LogP) is 3.16. The summed E-state index contributed by atoms with van der Waals surface area (Å²) in [7, 11) is 1.75. The molecule has 1 atom stereocenters. The summed E-state index contributed by atoms with van der Waals surface area (Å²) in [4.78, 5) is 14.5. The van der Waals surface area contributed by atoms with Crippen molar-refractivity contribution in [2.45, 2.75) is 38.6 Å². The van der Waals surface area contributed by atoms with Gasteiger partial charge in [-0.1, -0.05) is 30.6 Å². The van der Waals surface area contributed by atoms with Gasteiger partial charge in [0.25, 0.3) is 5.91 Å². The van der Waals surface area contributed by atoms with Crippen LogP contribution in [0.1, 0.15) is 60.6 Å². The molecule has 3 heterocycles. The Morgan fingerprint density at radius 2 is 2.27 bits per heavy atom. The largest absolute Gasteiger partial charge is 0.361 e. The standard InChI is InChI=1S/C15H19ClN4O2/c1-9(2)13-7-11(18-22-13)12-5-4-6-20(12)15(21)14-10(16)8-19(3)17-14/h7-9,12H,4-6H2,1-3H3/t12-/m1/s1. The molecule has 0 aromatic carbocycles. The number of likely N-dealkylation sites (tertiary alicyclic amines) is 1. The van der Waals surface area contributed by atoms with Crippen LogP contribution >= 0.6 is 11.6 Å². The van der Waals surface area contributed by atoms with E-state index in [4.69, 9.17) is 16.1 Å². The molecule has 1 amide bonds. The molecular weight excluding hydrogens is 304 g/mol. The number of hydrogen-bond donors (Lipinski definition) is 0. The molecule has 0 aliphatic carbocycles. The van der Waals surface area contributed by atoms with E-state index in [9.17, 15) is 4.79 Å². The molecule has 22 heavy (non-hydrogen) atoms. The van der Waals surface area contributed by atoms with Crippen molar-refractivity contribution in [3.63, 3.8) is 0 Å². The Morgan fingerprint density at radius 1 is 1.50 bits per heavy atom. The van der Waals surface area contributed by atoms with Crippen molar-refractivity contribution in [3.05, 3.63) is 34.4 Å². The van der Waals surface area contributed by atoms with Crippen molar-refractivity contribution < 1.29 is 9.32 Å². The van der Waals surface area contributed by atoms with Crippen LogP contribution in [0.2, 0.25) is 5.02 Å². The summed E-state index contributed by atoms with van der Waals surface area (Å²) in [6.07, 6.45) is 3.44. The lowest BCUT2D eigenvalue weighted by molar-refractivity contribution is 0.0724. The topological polar surface area (TPSA) is 64.2 Å². The van der Waals surface area contributed by atoms with Crippen molar-refractivity contribution >= 4 is 17.5 Å². The molecule has 1 aliphatic heterocycles. The fraction of sp³-hybridized carbons (Fsp3) is 0.533. The van der Waals surface area contributed by atoms with Gasteiger partial charge in [-0.25, -0.2) is 0 Å². The van der Waals surface area contributed by atoms with E-state index < -0.39 is 0 Å². The van der Waals surface area contributed by atoms with Crippen LogP contribution in [-0.4, -0.2) is 32.3 Å². The smallest absolute Gasteiger partial charge is 0.276 e. The third kappa shape index (κ3) is 2.63. The van der Waals surface area contributed by atoms with Gasteiger partial charge in [0.05, 0.1) is 11.1 Å². The molecule has 0 N–H and O–H groups in total. The lowest BCUT2D eigenvalue weighted by Crippen LogP contribution is -2.31. The Balaban J connectivity index is 1.86. The third-order valence-corrected chi connectivity index (χ3v) is 4.23. The highest BCUT2D eigenvalue weighted by Gasteiger charge is 2.34. The monoisotopic (exact) mass is 322 g/mol. The zero-order chi connectivity index (χ0) is 15.9. The average molecular weight is 323 g/mol. The van der Waals surface area contributed by atoms with Gasteiger partial charge in [0.1, 0.15) is 11.5 Å². The molecule has 0 spiro atoms. The zero-order valence-corrected chi connectivity index (χ0v) is 13.7. The SMILES string of the molecule is CC(C)c1cc([C@H]2CCCN2C(=O)c2nn(C)cc2Cl)no1. The van der Waals surface area contributed by atoms with Crippen molar-refractivity contribution in [3.8, 4) is 0 Å². The second-order valence-corrected chi connectivity index (χ2v) is 6.37. The first-order chi connectivity index (χ1) is 10.5. The maximum Gasteiger partial charge on any atom is 0.276 e. The summed E-state index contributed by atoms with van der Waals surface area (Å²) in [6.45, 7) is 4.78. The van der Waals surface area contributed by atoms with Gasteiger partial charge in [0.2, 0.25) is 0 Å². The van der Waals surface area contributed by atoms with Gasteiger partial charge in [0, 0.05) is 31.8 Å². The highest BCUT2D eigenvalue weighted by Crippen LogP contribution is 2.34. The molecule has 7 heteroatoms. The van der Waals surface area contributed by atoms with Gasteiger partial charge >= 0.3 is 0 Å². The number of aromatic nitrogens is 3. The second-order valence-electron chi connectivity index (χ2n) is 5.96. The molecule has 2 aromatic rings. The minimum Gasteiger partial charge on any atom is -0.361 e. The molecule has 2 aromatic heterocycles. The molecule has 1 saturated heterocycles. The first kappa shape index (κ1) is 15.1. The second kappa shape index (κ2) is 5.76. The number of hydrogen-bond acceptors (Lipinski definition) is 4. The number of carbonyl (C=O) groups is 1. The van der Waals surface area contributed by atoms with Crippen LogP contribution < -0.4 is 0 Å². The lowest BCUT2D eigenvalue weighted by Gasteiger charge is -2.22. The molecule has 3 rings (SSSR count). The zero-order valence-electron chi connectivity index (χ0n) is 12.9. The van der Waals surface area contributed by atoms with Gasteiger partial charge < -0.3 is 9.42 Å². The fourth-order valence-electron chi connectivity index (χ4n) is 2.79. The van der Waals surface area contributed by atoms with Crippen LogP contribution in [0.15, 0.2) is 16.8 Å². The number of rotatable bonds is 3. The van der Waals surface area contributed by atoms with Crippen LogP contribution in [0.25, 0.3) is 0 Å². The van der Waals surface area contributed by atoms with Crippen LogP contribution in [0.3, 0.4) is 0 Å². The average Bonchev–Trinajstić information content (AvgIpc) is 3.15. The van der Waals surface area contributed by atoms with Crippen molar-refractivity contribution in [2.75, 3.05) is 6.54 Å². The summed E-state index contributed by atoms with van der Waals surface area (Å²) in [5.41, 5.74) is 1.10. The Hall–Kier alpha value is -1.82. The molecule has 1 aliphatic rings. The van der Waals surface area contributed by atoms with Gasteiger partial charge in [-0.15, -0.1) is 0 Å². The number of aryl methyl sites for hydroxylation is 1. The minimum absolute atomic E-state index is 0.0678. The molecule has 0 saturated carbocycles. The highest BCUT2D eigenvalue weighted by molar-refractivity contribution is 6.33. The normalized spacial score (nSPS) is 18.4. The minimum atomic E-state index is -0.151. The summed E-state index contributed by atoms with van der Waals surface area (Å²) in [5.74, 6) is 0.962. The van der Waals surface area contributed by atoms with Gasteiger partial charge in [-0.05, 0) is 12.8 Å². The Labute approximate surface area is 134 Å². The maximum absolute atomic E-state index is 12.7. The van der Waals surface area contributed by atoms with E-state index in [2.05, 4.69) is 24.1 Å². The van der Waals surface area contributed by atoms with Crippen molar-refractivity contribution in [1.29, 1.82) is 0 Å². The highest BCUT2D eigenvalue weighted by atomic mass is 35.5. The molecule has 0 bridgehead atoms. The number of halogens is 1. The summed E-state index contributed by atoms with van der Waals surface area (Å²) in [5, 5.41) is 8.69. The van der Waals surface area contributed by atoms with Gasteiger partial charge in [0.15, 0.2) is 5.69 Å². The molecule has 0 radical (unpaired) electrons. The Morgan fingerprint density at radius 3 is 2.86 bits per heavy atom. The van der Waals surface area contributed by atoms with E-state index >= 15 is 0 Å².